The third-order valence-corrected chi connectivity index (χ3v) is 9.39. The molecular weight excluding hydrogens is 630 g/mol. The van der Waals surface area contributed by atoms with Gasteiger partial charge in [-0.05, 0) is 89.7 Å². The highest BCUT2D eigenvalue weighted by atomic mass is 79.9. The average Bonchev–Trinajstić information content (AvgIpc) is 3.18. The van der Waals surface area contributed by atoms with E-state index in [1.165, 1.54) is 18.1 Å². The van der Waals surface area contributed by atoms with Crippen molar-refractivity contribution < 1.29 is 29.0 Å². The van der Waals surface area contributed by atoms with Crippen LogP contribution in [0.5, 0.6) is 11.5 Å². The topological polar surface area (TPSA) is 101 Å². The number of allylic oxidation sites excluding steroid dienone is 6. The molecule has 1 fully saturated rings. The molecule has 2 aromatic rings. The Bertz CT molecular complexity index is 1590. The van der Waals surface area contributed by atoms with Crippen LogP contribution in [0, 0.1) is 17.8 Å². The molecule has 1 saturated heterocycles. The van der Waals surface area contributed by atoms with Crippen molar-refractivity contribution in [2.45, 2.75) is 25.7 Å². The number of hydrogen-bond donors (Lipinski definition) is 1. The van der Waals surface area contributed by atoms with E-state index >= 15 is 0 Å². The van der Waals surface area contributed by atoms with Gasteiger partial charge in [-0.25, -0.2) is 0 Å². The number of ether oxygens (including phenoxy) is 1. The molecule has 0 saturated carbocycles. The van der Waals surface area contributed by atoms with E-state index in [0.29, 0.717) is 38.9 Å². The summed E-state index contributed by atoms with van der Waals surface area (Å²) in [5.41, 5.74) is 3.12. The Balaban J connectivity index is 1.51. The lowest BCUT2D eigenvalue weighted by Crippen LogP contribution is -2.39. The molecule has 0 spiro atoms. The third-order valence-electron chi connectivity index (χ3n) is 8.25. The maximum absolute atomic E-state index is 13.9. The summed E-state index contributed by atoms with van der Waals surface area (Å²) in [5, 5.41) is 10.4. The molecule has 2 aromatic carbocycles. The molecular formula is C30H23Br2NO6. The average molecular weight is 653 g/mol. The summed E-state index contributed by atoms with van der Waals surface area (Å²) in [6.07, 6.45) is 3.88. The summed E-state index contributed by atoms with van der Waals surface area (Å²) >= 11 is 6.78. The monoisotopic (exact) mass is 651 g/mol. The fraction of sp³-hybridized carbons (Fsp3) is 0.267. The van der Waals surface area contributed by atoms with Crippen LogP contribution >= 0.6 is 31.9 Å². The third kappa shape index (κ3) is 3.89. The normalized spacial score (nSPS) is 26.2. The van der Waals surface area contributed by atoms with Gasteiger partial charge in [0.15, 0.2) is 23.1 Å². The first-order valence-electron chi connectivity index (χ1n) is 12.5. The fourth-order valence-corrected chi connectivity index (χ4v) is 7.23. The maximum Gasteiger partial charge on any atom is 0.238 e. The lowest BCUT2D eigenvalue weighted by molar-refractivity contribution is -0.123. The van der Waals surface area contributed by atoms with E-state index in [1.807, 2.05) is 6.08 Å². The predicted molar refractivity (Wildman–Crippen MR) is 150 cm³/mol. The first kappa shape index (κ1) is 26.0. The largest absolute Gasteiger partial charge is 0.503 e. The van der Waals surface area contributed by atoms with Gasteiger partial charge in [-0.2, -0.15) is 0 Å². The van der Waals surface area contributed by atoms with E-state index < -0.39 is 23.7 Å². The number of amides is 2. The number of phenolic OH excluding ortho intramolecular Hbond substituents is 1. The van der Waals surface area contributed by atoms with Crippen molar-refractivity contribution in [3.63, 3.8) is 0 Å². The van der Waals surface area contributed by atoms with Crippen molar-refractivity contribution in [1.82, 2.24) is 0 Å². The Labute approximate surface area is 241 Å². The van der Waals surface area contributed by atoms with Gasteiger partial charge in [-0.15, -0.1) is 0 Å². The maximum atomic E-state index is 13.9. The molecule has 1 heterocycles. The van der Waals surface area contributed by atoms with Crippen LogP contribution in [0.25, 0.3) is 0 Å². The molecule has 1 N–H and O–H groups in total. The minimum Gasteiger partial charge on any atom is -0.503 e. The number of aromatic hydroxyl groups is 1. The van der Waals surface area contributed by atoms with Crippen molar-refractivity contribution in [1.29, 1.82) is 0 Å². The van der Waals surface area contributed by atoms with Crippen LogP contribution < -0.4 is 9.64 Å². The van der Waals surface area contributed by atoms with Crippen LogP contribution in [0.3, 0.4) is 0 Å². The number of hydrogen-bond acceptors (Lipinski definition) is 6. The van der Waals surface area contributed by atoms with Crippen molar-refractivity contribution in [3.8, 4) is 11.5 Å². The smallest absolute Gasteiger partial charge is 0.238 e. The second-order valence-corrected chi connectivity index (χ2v) is 12.0. The first-order chi connectivity index (χ1) is 18.6. The van der Waals surface area contributed by atoms with E-state index in [0.717, 1.165) is 10.0 Å². The fourth-order valence-electron chi connectivity index (χ4n) is 6.50. The SMILES string of the molecule is COc1cc(C2C3=CCC4C(=O)N(c5ccc(Br)cc5)C(=O)C4C3CC3=C2C(=O)C(C)=CC3=O)cc(Br)c1O. The summed E-state index contributed by atoms with van der Waals surface area (Å²) in [6.45, 7) is 1.63. The molecule has 39 heavy (non-hydrogen) atoms. The van der Waals surface area contributed by atoms with Gasteiger partial charge in [0.05, 0.1) is 29.1 Å². The number of phenols is 1. The molecule has 9 heteroatoms. The number of carbonyl (C=O) groups excluding carboxylic acids is 4. The summed E-state index contributed by atoms with van der Waals surface area (Å²) in [5.74, 6) is -3.16. The summed E-state index contributed by atoms with van der Waals surface area (Å²) in [6, 6.07) is 10.4. The summed E-state index contributed by atoms with van der Waals surface area (Å²) < 4.78 is 6.60. The number of ketones is 2. The number of benzene rings is 2. The molecule has 4 aliphatic rings. The van der Waals surface area contributed by atoms with E-state index in [1.54, 1.807) is 43.3 Å². The Hall–Kier alpha value is -3.30. The Morgan fingerprint density at radius 1 is 1.00 bits per heavy atom. The molecule has 3 aliphatic carbocycles. The summed E-state index contributed by atoms with van der Waals surface area (Å²) in [7, 11) is 1.44. The van der Waals surface area contributed by atoms with Crippen molar-refractivity contribution in [2.24, 2.45) is 17.8 Å². The zero-order valence-corrected chi connectivity index (χ0v) is 24.2. The molecule has 4 unspecified atom stereocenters. The standard InChI is InChI=1S/C30H23Br2NO6/c1-13-9-22(34)20-12-19-17(24(26(20)27(13)35)14-10-21(32)28(36)23(11-14)39-2)7-8-18-25(19)30(38)33(29(18)37)16-5-3-15(31)4-6-16/h3-7,9-11,18-19,24-25,36H,8,12H2,1-2H3. The van der Waals surface area contributed by atoms with Gasteiger partial charge in [0.2, 0.25) is 11.8 Å². The number of fused-ring (bicyclic) bond motifs is 3. The Kier molecular flexibility index (Phi) is 6.26. The van der Waals surface area contributed by atoms with E-state index in [9.17, 15) is 24.3 Å². The number of nitrogens with zero attached hydrogens (tertiary/aromatic N) is 1. The quantitative estimate of drug-likeness (QED) is 0.265. The van der Waals surface area contributed by atoms with Gasteiger partial charge in [0.1, 0.15) is 0 Å². The van der Waals surface area contributed by atoms with Gasteiger partial charge in [0.25, 0.3) is 0 Å². The lowest BCUT2D eigenvalue weighted by Gasteiger charge is -2.42. The molecule has 198 valence electrons. The van der Waals surface area contributed by atoms with Crippen molar-refractivity contribution in [3.05, 3.63) is 85.4 Å². The van der Waals surface area contributed by atoms with E-state index in [2.05, 4.69) is 31.9 Å². The zero-order chi connectivity index (χ0) is 27.7. The second-order valence-electron chi connectivity index (χ2n) is 10.3. The molecule has 2 amide bonds. The number of Topliss-reactive ketones (excluding diaryl/α,β-unsaturated/α-hetero) is 1. The van der Waals surface area contributed by atoms with Crippen LogP contribution in [-0.2, 0) is 19.2 Å². The highest BCUT2D eigenvalue weighted by Gasteiger charge is 2.56. The Morgan fingerprint density at radius 2 is 1.72 bits per heavy atom. The van der Waals surface area contributed by atoms with E-state index in [4.69, 9.17) is 4.74 Å². The van der Waals surface area contributed by atoms with Crippen LogP contribution in [0.2, 0.25) is 0 Å². The number of halogens is 2. The minimum absolute atomic E-state index is 0.0793. The molecule has 1 aliphatic heterocycles. The van der Waals surface area contributed by atoms with Crippen LogP contribution in [0.15, 0.2) is 79.8 Å². The molecule has 6 rings (SSSR count). The van der Waals surface area contributed by atoms with E-state index in [-0.39, 0.29) is 41.3 Å². The van der Waals surface area contributed by atoms with Gasteiger partial charge in [-0.3, -0.25) is 24.1 Å². The molecule has 7 nitrogen and oxygen atoms in total. The number of rotatable bonds is 3. The second kappa shape index (κ2) is 9.41. The highest BCUT2D eigenvalue weighted by Crippen LogP contribution is 2.56. The van der Waals surface area contributed by atoms with Crippen molar-refractivity contribution in [2.75, 3.05) is 12.0 Å². The number of anilines is 1. The molecule has 0 radical (unpaired) electrons. The number of carbonyl (C=O) groups is 4. The minimum atomic E-state index is -0.657. The zero-order valence-electron chi connectivity index (χ0n) is 21.0. The Morgan fingerprint density at radius 3 is 2.41 bits per heavy atom. The predicted octanol–water partition coefficient (Wildman–Crippen LogP) is 5.56. The van der Waals surface area contributed by atoms with Gasteiger partial charge in [0, 0.05) is 27.1 Å². The van der Waals surface area contributed by atoms with Crippen LogP contribution in [0.1, 0.15) is 31.2 Å². The highest BCUT2D eigenvalue weighted by molar-refractivity contribution is 9.10. The van der Waals surface area contributed by atoms with Gasteiger partial charge >= 0.3 is 0 Å². The number of imide groups is 1. The molecule has 0 aromatic heterocycles. The number of methoxy groups -OCH3 is 1. The van der Waals surface area contributed by atoms with Crippen molar-refractivity contribution >= 4 is 60.9 Å². The van der Waals surface area contributed by atoms with Crippen LogP contribution in [0.4, 0.5) is 5.69 Å². The molecule has 0 bridgehead atoms. The van der Waals surface area contributed by atoms with Gasteiger partial charge < -0.3 is 9.84 Å². The first-order valence-corrected chi connectivity index (χ1v) is 14.1. The lowest BCUT2D eigenvalue weighted by atomic mass is 9.59. The van der Waals surface area contributed by atoms with Gasteiger partial charge in [-0.1, -0.05) is 27.6 Å². The van der Waals surface area contributed by atoms with Crippen LogP contribution in [-0.4, -0.2) is 35.6 Å². The molecule has 4 atom stereocenters. The summed E-state index contributed by atoms with van der Waals surface area (Å²) in [4.78, 5) is 55.6.